The molecule has 0 aromatic heterocycles. The van der Waals surface area contributed by atoms with Crippen molar-refractivity contribution < 1.29 is 0 Å². The molecule has 0 aliphatic carbocycles. The summed E-state index contributed by atoms with van der Waals surface area (Å²) in [5.74, 6) is 0. The Kier molecular flexibility index (Phi) is 3.36. The highest BCUT2D eigenvalue weighted by Crippen LogP contribution is 2.20. The number of nitrogens with one attached hydrogen (secondary N) is 3. The van der Waals surface area contributed by atoms with Gasteiger partial charge in [0.2, 0.25) is 0 Å². The van der Waals surface area contributed by atoms with Crippen molar-refractivity contribution in [2.45, 2.75) is 38.5 Å². The maximum atomic E-state index is 3.47. The zero-order valence-electron chi connectivity index (χ0n) is 9.33. The zero-order valence-corrected chi connectivity index (χ0v) is 9.33. The van der Waals surface area contributed by atoms with E-state index in [-0.39, 0.29) is 0 Å². The van der Waals surface area contributed by atoms with Gasteiger partial charge in [-0.2, -0.15) is 0 Å². The average Bonchev–Trinajstić information content (AvgIpc) is 2.67. The minimum Gasteiger partial charge on any atom is -0.299 e. The zero-order chi connectivity index (χ0) is 10.7. The van der Waals surface area contributed by atoms with Gasteiger partial charge in [0.05, 0.1) is 6.17 Å². The van der Waals surface area contributed by atoms with E-state index in [9.17, 15) is 0 Å². The molecule has 1 fully saturated rings. The van der Waals surface area contributed by atoms with E-state index in [2.05, 4.69) is 60.3 Å². The Morgan fingerprint density at radius 1 is 1.20 bits per heavy atom. The first-order chi connectivity index (χ1) is 7.25. The summed E-state index contributed by atoms with van der Waals surface area (Å²) in [4.78, 5) is 0. The smallest absolute Gasteiger partial charge is 0.0724 e. The van der Waals surface area contributed by atoms with Crippen LogP contribution in [0.4, 0.5) is 0 Å². The fourth-order valence-electron chi connectivity index (χ4n) is 1.97. The van der Waals surface area contributed by atoms with Crippen LogP contribution in [-0.4, -0.2) is 12.2 Å². The standard InChI is InChI=1S/C12H19N3/c1-9(2)13-12-8-11(14-15-12)10-6-4-3-5-7-10/h3-7,9,11-15H,8H2,1-2H3. The molecule has 0 saturated carbocycles. The highest BCUT2D eigenvalue weighted by atomic mass is 15.5. The van der Waals surface area contributed by atoms with E-state index in [1.807, 2.05) is 0 Å². The lowest BCUT2D eigenvalue weighted by Crippen LogP contribution is -2.44. The first-order valence-corrected chi connectivity index (χ1v) is 5.58. The molecule has 1 aliphatic heterocycles. The fraction of sp³-hybridized carbons (Fsp3) is 0.500. The van der Waals surface area contributed by atoms with Crippen LogP contribution < -0.4 is 16.2 Å². The molecule has 0 spiro atoms. The molecule has 0 bridgehead atoms. The van der Waals surface area contributed by atoms with Gasteiger partial charge in [0.15, 0.2) is 0 Å². The van der Waals surface area contributed by atoms with Crippen LogP contribution in [0.25, 0.3) is 0 Å². The summed E-state index contributed by atoms with van der Waals surface area (Å²) in [5.41, 5.74) is 7.94. The summed E-state index contributed by atoms with van der Waals surface area (Å²) in [6.45, 7) is 4.33. The van der Waals surface area contributed by atoms with Crippen molar-refractivity contribution in [3.05, 3.63) is 35.9 Å². The fourth-order valence-corrected chi connectivity index (χ4v) is 1.97. The molecular formula is C12H19N3. The van der Waals surface area contributed by atoms with E-state index in [0.29, 0.717) is 18.2 Å². The Bertz CT molecular complexity index is 297. The quantitative estimate of drug-likeness (QED) is 0.700. The predicted molar refractivity (Wildman–Crippen MR) is 62.1 cm³/mol. The Labute approximate surface area is 91.2 Å². The van der Waals surface area contributed by atoms with Crippen molar-refractivity contribution in [3.63, 3.8) is 0 Å². The van der Waals surface area contributed by atoms with Crippen LogP contribution in [0.15, 0.2) is 30.3 Å². The lowest BCUT2D eigenvalue weighted by Gasteiger charge is -2.14. The lowest BCUT2D eigenvalue weighted by molar-refractivity contribution is 0.421. The molecule has 2 rings (SSSR count). The molecule has 2 atom stereocenters. The van der Waals surface area contributed by atoms with Crippen LogP contribution in [0.3, 0.4) is 0 Å². The second-order valence-corrected chi connectivity index (χ2v) is 4.36. The van der Waals surface area contributed by atoms with E-state index in [4.69, 9.17) is 0 Å². The van der Waals surface area contributed by atoms with E-state index >= 15 is 0 Å². The number of hydrogen-bond acceptors (Lipinski definition) is 3. The third-order valence-electron chi connectivity index (χ3n) is 2.64. The minimum absolute atomic E-state index is 0.371. The van der Waals surface area contributed by atoms with E-state index in [0.717, 1.165) is 6.42 Å². The maximum Gasteiger partial charge on any atom is 0.0724 e. The Morgan fingerprint density at radius 3 is 2.60 bits per heavy atom. The predicted octanol–water partition coefficient (Wildman–Crippen LogP) is 1.55. The van der Waals surface area contributed by atoms with Gasteiger partial charge in [0, 0.05) is 12.1 Å². The van der Waals surface area contributed by atoms with Gasteiger partial charge in [0.25, 0.3) is 0 Å². The molecule has 0 radical (unpaired) electrons. The summed E-state index contributed by atoms with van der Waals surface area (Å²) in [6, 6.07) is 11.5. The summed E-state index contributed by atoms with van der Waals surface area (Å²) >= 11 is 0. The minimum atomic E-state index is 0.371. The third-order valence-corrected chi connectivity index (χ3v) is 2.64. The molecule has 1 saturated heterocycles. The van der Waals surface area contributed by atoms with E-state index < -0.39 is 0 Å². The van der Waals surface area contributed by atoms with E-state index in [1.54, 1.807) is 0 Å². The van der Waals surface area contributed by atoms with Gasteiger partial charge >= 0.3 is 0 Å². The molecule has 0 amide bonds. The highest BCUT2D eigenvalue weighted by molar-refractivity contribution is 5.19. The molecule has 82 valence electrons. The van der Waals surface area contributed by atoms with Crippen molar-refractivity contribution in [1.82, 2.24) is 16.2 Å². The molecule has 2 unspecified atom stereocenters. The molecule has 1 aromatic rings. The first-order valence-electron chi connectivity index (χ1n) is 5.58. The van der Waals surface area contributed by atoms with Crippen LogP contribution in [0, 0.1) is 0 Å². The van der Waals surface area contributed by atoms with Crippen molar-refractivity contribution in [1.29, 1.82) is 0 Å². The van der Waals surface area contributed by atoms with Gasteiger partial charge < -0.3 is 0 Å². The first kappa shape index (κ1) is 10.6. The Balaban J connectivity index is 1.93. The van der Waals surface area contributed by atoms with Crippen molar-refractivity contribution in [2.24, 2.45) is 0 Å². The topological polar surface area (TPSA) is 36.1 Å². The van der Waals surface area contributed by atoms with Gasteiger partial charge in [-0.1, -0.05) is 30.3 Å². The molecule has 3 N–H and O–H groups in total. The van der Waals surface area contributed by atoms with Gasteiger partial charge in [-0.15, -0.1) is 0 Å². The van der Waals surface area contributed by atoms with Crippen LogP contribution in [0.5, 0.6) is 0 Å². The number of hydrogen-bond donors (Lipinski definition) is 3. The van der Waals surface area contributed by atoms with Gasteiger partial charge in [-0.3, -0.25) is 5.32 Å². The SMILES string of the molecule is CC(C)NC1CC(c2ccccc2)NN1. The van der Waals surface area contributed by atoms with Crippen molar-refractivity contribution >= 4 is 0 Å². The van der Waals surface area contributed by atoms with Crippen LogP contribution in [0.2, 0.25) is 0 Å². The second-order valence-electron chi connectivity index (χ2n) is 4.36. The number of hydrazine groups is 1. The van der Waals surface area contributed by atoms with Gasteiger partial charge in [-0.25, -0.2) is 10.9 Å². The Hall–Kier alpha value is -0.900. The largest absolute Gasteiger partial charge is 0.299 e. The van der Waals surface area contributed by atoms with Crippen molar-refractivity contribution in [2.75, 3.05) is 0 Å². The third kappa shape index (κ3) is 2.78. The monoisotopic (exact) mass is 205 g/mol. The molecule has 15 heavy (non-hydrogen) atoms. The van der Waals surface area contributed by atoms with Crippen molar-refractivity contribution in [3.8, 4) is 0 Å². The maximum absolute atomic E-state index is 3.47. The average molecular weight is 205 g/mol. The summed E-state index contributed by atoms with van der Waals surface area (Å²) in [5, 5.41) is 3.47. The number of benzene rings is 1. The summed E-state index contributed by atoms with van der Waals surface area (Å²) < 4.78 is 0. The van der Waals surface area contributed by atoms with Gasteiger partial charge in [-0.05, 0) is 25.8 Å². The Morgan fingerprint density at radius 2 is 1.93 bits per heavy atom. The second kappa shape index (κ2) is 4.75. The highest BCUT2D eigenvalue weighted by Gasteiger charge is 2.24. The summed E-state index contributed by atoms with van der Waals surface area (Å²) in [7, 11) is 0. The lowest BCUT2D eigenvalue weighted by atomic mass is 10.0. The van der Waals surface area contributed by atoms with Crippen LogP contribution >= 0.6 is 0 Å². The molecule has 3 nitrogen and oxygen atoms in total. The summed E-state index contributed by atoms with van der Waals surface area (Å²) in [6.07, 6.45) is 1.46. The van der Waals surface area contributed by atoms with Gasteiger partial charge in [0.1, 0.15) is 0 Å². The molecule has 3 heteroatoms. The van der Waals surface area contributed by atoms with Crippen LogP contribution in [-0.2, 0) is 0 Å². The molecular weight excluding hydrogens is 186 g/mol. The number of rotatable bonds is 3. The molecule has 1 heterocycles. The van der Waals surface area contributed by atoms with E-state index in [1.165, 1.54) is 5.56 Å². The molecule has 1 aliphatic rings. The molecule has 1 aromatic carbocycles. The van der Waals surface area contributed by atoms with Crippen LogP contribution in [0.1, 0.15) is 31.9 Å². The normalized spacial score (nSPS) is 26.1.